The molecule has 1 aromatic carbocycles. The molecule has 0 spiro atoms. The number of anilines is 2. The average Bonchev–Trinajstić information content (AvgIpc) is 3.00. The van der Waals surface area contributed by atoms with Crippen LogP contribution in [0.2, 0.25) is 0 Å². The van der Waals surface area contributed by atoms with Gasteiger partial charge in [-0.1, -0.05) is 6.07 Å². The largest absolute Gasteiger partial charge is 0.393 e. The number of thiophene rings is 1. The SMILES string of the molecule is N#Cc1c(N)nc2ccc([N+](=O)[O-])c(N)c2c1Cc1cccs1. The van der Waals surface area contributed by atoms with Gasteiger partial charge in [-0.25, -0.2) is 4.98 Å². The van der Waals surface area contributed by atoms with Crippen LogP contribution in [0.5, 0.6) is 0 Å². The fourth-order valence-electron chi connectivity index (χ4n) is 2.52. The number of nitriles is 1. The quantitative estimate of drug-likeness (QED) is 0.432. The molecule has 3 aromatic rings. The number of nitro groups is 1. The van der Waals surface area contributed by atoms with Gasteiger partial charge in [0.2, 0.25) is 0 Å². The lowest BCUT2D eigenvalue weighted by atomic mass is 9.97. The molecule has 0 saturated heterocycles. The van der Waals surface area contributed by atoms with Crippen molar-refractivity contribution in [2.45, 2.75) is 6.42 Å². The van der Waals surface area contributed by atoms with Crippen molar-refractivity contribution in [2.75, 3.05) is 11.5 Å². The molecule has 0 fully saturated rings. The van der Waals surface area contributed by atoms with Gasteiger partial charge in [-0.3, -0.25) is 10.1 Å². The van der Waals surface area contributed by atoms with Gasteiger partial charge in [0, 0.05) is 22.8 Å². The minimum Gasteiger partial charge on any atom is -0.393 e. The lowest BCUT2D eigenvalue weighted by Crippen LogP contribution is -2.05. The summed E-state index contributed by atoms with van der Waals surface area (Å²) < 4.78 is 0. The van der Waals surface area contributed by atoms with Crippen LogP contribution in [0.4, 0.5) is 17.2 Å². The van der Waals surface area contributed by atoms with Gasteiger partial charge in [-0.15, -0.1) is 11.3 Å². The highest BCUT2D eigenvalue weighted by molar-refractivity contribution is 7.09. The van der Waals surface area contributed by atoms with Crippen LogP contribution in [0.15, 0.2) is 29.6 Å². The Bertz CT molecular complexity index is 960. The van der Waals surface area contributed by atoms with Crippen LogP contribution < -0.4 is 11.5 Å². The van der Waals surface area contributed by atoms with Crippen molar-refractivity contribution in [3.63, 3.8) is 0 Å². The highest BCUT2D eigenvalue weighted by Gasteiger charge is 2.21. The first-order valence-corrected chi connectivity index (χ1v) is 7.48. The lowest BCUT2D eigenvalue weighted by Gasteiger charge is -2.12. The Kier molecular flexibility index (Phi) is 3.56. The van der Waals surface area contributed by atoms with Crippen LogP contribution in [-0.2, 0) is 6.42 Å². The number of pyridine rings is 1. The Balaban J connectivity index is 2.38. The zero-order chi connectivity index (χ0) is 16.6. The molecule has 0 saturated carbocycles. The number of nitrogen functional groups attached to an aromatic ring is 2. The highest BCUT2D eigenvalue weighted by atomic mass is 32.1. The Morgan fingerprint density at radius 3 is 2.74 bits per heavy atom. The first-order valence-electron chi connectivity index (χ1n) is 6.60. The van der Waals surface area contributed by atoms with Crippen LogP contribution in [0.3, 0.4) is 0 Å². The maximum Gasteiger partial charge on any atom is 0.292 e. The van der Waals surface area contributed by atoms with Crippen molar-refractivity contribution in [1.29, 1.82) is 5.26 Å². The van der Waals surface area contributed by atoms with Crippen LogP contribution >= 0.6 is 11.3 Å². The number of nitrogens with two attached hydrogens (primary N) is 2. The number of nitrogens with zero attached hydrogens (tertiary/aromatic N) is 3. The summed E-state index contributed by atoms with van der Waals surface area (Å²) in [6.07, 6.45) is 0.412. The van der Waals surface area contributed by atoms with Crippen molar-refractivity contribution in [3.8, 4) is 6.07 Å². The first kappa shape index (κ1) is 14.7. The van der Waals surface area contributed by atoms with Crippen LogP contribution in [0.1, 0.15) is 16.0 Å². The van der Waals surface area contributed by atoms with Gasteiger partial charge >= 0.3 is 0 Å². The third-order valence-corrected chi connectivity index (χ3v) is 4.42. The minimum atomic E-state index is -0.550. The van der Waals surface area contributed by atoms with Gasteiger partial charge in [-0.05, 0) is 23.1 Å². The molecule has 0 radical (unpaired) electrons. The molecule has 0 amide bonds. The Labute approximate surface area is 134 Å². The maximum absolute atomic E-state index is 11.1. The fraction of sp³-hybridized carbons (Fsp3) is 0.0667. The second-order valence-corrected chi connectivity index (χ2v) is 5.90. The van der Waals surface area contributed by atoms with Crippen molar-refractivity contribution in [1.82, 2.24) is 4.98 Å². The highest BCUT2D eigenvalue weighted by Crippen LogP contribution is 2.36. The molecule has 0 bridgehead atoms. The van der Waals surface area contributed by atoms with Crippen molar-refractivity contribution >= 4 is 39.4 Å². The number of nitro benzene ring substituents is 1. The minimum absolute atomic E-state index is 0.00283. The molecule has 0 aliphatic heterocycles. The molecule has 0 aliphatic rings. The van der Waals surface area contributed by atoms with Crippen molar-refractivity contribution in [3.05, 3.63) is 55.8 Å². The maximum atomic E-state index is 11.1. The number of aromatic nitrogens is 1. The molecular weight excluding hydrogens is 314 g/mol. The van der Waals surface area contributed by atoms with E-state index in [1.54, 1.807) is 0 Å². The average molecular weight is 325 g/mol. The van der Waals surface area contributed by atoms with E-state index >= 15 is 0 Å². The standard InChI is InChI=1S/C15H11N5O2S/c16-7-10-9(6-8-2-1-5-23-8)13-11(19-15(10)18)3-4-12(14(13)17)20(21)22/h1-5H,6,17H2,(H2,18,19). The van der Waals surface area contributed by atoms with Gasteiger partial charge in [0.1, 0.15) is 17.6 Å². The molecule has 7 nitrogen and oxygen atoms in total. The predicted molar refractivity (Wildman–Crippen MR) is 89.1 cm³/mol. The van der Waals surface area contributed by atoms with E-state index in [0.29, 0.717) is 22.9 Å². The molecule has 8 heteroatoms. The third kappa shape index (κ3) is 2.43. The normalized spacial score (nSPS) is 10.6. The van der Waals surface area contributed by atoms with E-state index in [4.69, 9.17) is 11.5 Å². The van der Waals surface area contributed by atoms with Gasteiger partial charge in [0.25, 0.3) is 5.69 Å². The molecule has 4 N–H and O–H groups in total. The van der Waals surface area contributed by atoms with Crippen molar-refractivity contribution < 1.29 is 4.92 Å². The van der Waals surface area contributed by atoms with E-state index in [2.05, 4.69) is 4.98 Å². The smallest absolute Gasteiger partial charge is 0.292 e. The summed E-state index contributed by atoms with van der Waals surface area (Å²) in [5.41, 5.74) is 12.9. The second kappa shape index (κ2) is 5.55. The Hall–Kier alpha value is -3.18. The van der Waals surface area contributed by atoms with E-state index in [-0.39, 0.29) is 22.8 Å². The summed E-state index contributed by atoms with van der Waals surface area (Å²) in [6.45, 7) is 0. The zero-order valence-electron chi connectivity index (χ0n) is 11.8. The summed E-state index contributed by atoms with van der Waals surface area (Å²) >= 11 is 1.52. The summed E-state index contributed by atoms with van der Waals surface area (Å²) in [5.74, 6) is 0.0970. The molecule has 114 valence electrons. The molecule has 2 aromatic heterocycles. The topological polar surface area (TPSA) is 132 Å². The van der Waals surface area contributed by atoms with E-state index in [9.17, 15) is 15.4 Å². The monoisotopic (exact) mass is 325 g/mol. The summed E-state index contributed by atoms with van der Waals surface area (Å²) in [7, 11) is 0. The number of benzene rings is 1. The van der Waals surface area contributed by atoms with Crippen LogP contribution in [-0.4, -0.2) is 9.91 Å². The van der Waals surface area contributed by atoms with Crippen molar-refractivity contribution in [2.24, 2.45) is 0 Å². The zero-order valence-corrected chi connectivity index (χ0v) is 12.6. The molecule has 0 atom stereocenters. The molecule has 0 unspecified atom stereocenters. The third-order valence-electron chi connectivity index (χ3n) is 3.54. The number of fused-ring (bicyclic) bond motifs is 1. The molecule has 23 heavy (non-hydrogen) atoms. The number of hydrogen-bond donors (Lipinski definition) is 2. The van der Waals surface area contributed by atoms with E-state index in [1.807, 2.05) is 23.6 Å². The summed E-state index contributed by atoms with van der Waals surface area (Å²) in [5, 5.41) is 22.9. The number of hydrogen-bond acceptors (Lipinski definition) is 7. The molecular formula is C15H11N5O2S. The number of rotatable bonds is 3. The van der Waals surface area contributed by atoms with E-state index < -0.39 is 4.92 Å². The lowest BCUT2D eigenvalue weighted by molar-refractivity contribution is -0.383. The molecule has 3 rings (SSSR count). The Morgan fingerprint density at radius 2 is 2.13 bits per heavy atom. The summed E-state index contributed by atoms with van der Waals surface area (Å²) in [4.78, 5) is 15.7. The fourth-order valence-corrected chi connectivity index (χ4v) is 3.24. The van der Waals surface area contributed by atoms with Gasteiger partial charge in [0.05, 0.1) is 16.0 Å². The predicted octanol–water partition coefficient (Wildman–Crippen LogP) is 2.83. The Morgan fingerprint density at radius 1 is 1.35 bits per heavy atom. The van der Waals surface area contributed by atoms with Gasteiger partial charge in [0.15, 0.2) is 0 Å². The van der Waals surface area contributed by atoms with E-state index in [0.717, 1.165) is 4.88 Å². The first-order chi connectivity index (χ1) is 11.0. The molecule has 2 heterocycles. The molecule has 0 aliphatic carbocycles. The van der Waals surface area contributed by atoms with Gasteiger partial charge < -0.3 is 11.5 Å². The second-order valence-electron chi connectivity index (χ2n) is 4.87. The van der Waals surface area contributed by atoms with E-state index in [1.165, 1.54) is 23.5 Å². The van der Waals surface area contributed by atoms with Gasteiger partial charge in [-0.2, -0.15) is 5.26 Å². The summed E-state index contributed by atoms with van der Waals surface area (Å²) in [6, 6.07) is 8.64. The van der Waals surface area contributed by atoms with Crippen LogP contribution in [0.25, 0.3) is 10.9 Å². The van der Waals surface area contributed by atoms with Crippen LogP contribution in [0, 0.1) is 21.4 Å².